The molecule has 2 amide bonds. The summed E-state index contributed by atoms with van der Waals surface area (Å²) in [6.07, 6.45) is 2.71. The van der Waals surface area contributed by atoms with Crippen LogP contribution in [-0.2, 0) is 28.9 Å². The molecule has 0 aromatic rings. The zero-order chi connectivity index (χ0) is 18.3. The third kappa shape index (κ3) is 17.2. The first-order chi connectivity index (χ1) is 10.8. The lowest BCUT2D eigenvalue weighted by Gasteiger charge is -2.23. The van der Waals surface area contributed by atoms with E-state index in [0.717, 1.165) is 26.4 Å². The summed E-state index contributed by atoms with van der Waals surface area (Å²) in [4.78, 5) is 22.0. The Kier molecular flexibility index (Phi) is 15.5. The van der Waals surface area contributed by atoms with Gasteiger partial charge in [-0.3, -0.25) is 18.3 Å². The molecule has 0 aliphatic carbocycles. The van der Waals surface area contributed by atoms with E-state index in [0.29, 0.717) is 6.61 Å². The van der Waals surface area contributed by atoms with Crippen LogP contribution in [0.3, 0.4) is 0 Å². The van der Waals surface area contributed by atoms with Gasteiger partial charge in [-0.15, -0.1) is 11.6 Å². The van der Waals surface area contributed by atoms with Crippen LogP contribution in [0.4, 0.5) is 0 Å². The highest BCUT2D eigenvalue weighted by Crippen LogP contribution is 2.09. The van der Waals surface area contributed by atoms with Crippen molar-refractivity contribution in [1.29, 1.82) is 0 Å². The quantitative estimate of drug-likeness (QED) is 0.468. The maximum absolute atomic E-state index is 11.3. The first-order valence-corrected chi connectivity index (χ1v) is 8.95. The number of ether oxygens (including phenoxy) is 1. The van der Waals surface area contributed by atoms with Gasteiger partial charge < -0.3 is 15.4 Å². The van der Waals surface area contributed by atoms with Gasteiger partial charge in [-0.2, -0.15) is 8.42 Å². The number of rotatable bonds is 5. The van der Waals surface area contributed by atoms with Gasteiger partial charge in [0, 0.05) is 6.61 Å². The smallest absolute Gasteiger partial charge is 0.359 e. The summed E-state index contributed by atoms with van der Waals surface area (Å²) < 4.78 is 35.0. The van der Waals surface area contributed by atoms with Crippen molar-refractivity contribution in [3.05, 3.63) is 0 Å². The second kappa shape index (κ2) is 14.6. The van der Waals surface area contributed by atoms with E-state index in [1.807, 2.05) is 13.8 Å². The second-order valence-electron chi connectivity index (χ2n) is 3.93. The van der Waals surface area contributed by atoms with Crippen LogP contribution in [0.2, 0.25) is 0 Å². The van der Waals surface area contributed by atoms with E-state index in [1.54, 1.807) is 0 Å². The first kappa shape index (κ1) is 24.3. The van der Waals surface area contributed by atoms with E-state index in [-0.39, 0.29) is 30.5 Å². The molecule has 0 aromatic carbocycles. The fourth-order valence-corrected chi connectivity index (χ4v) is 1.41. The molecule has 0 unspecified atom stereocenters. The summed E-state index contributed by atoms with van der Waals surface area (Å²) in [5, 5.41) is 5.06. The molecule has 0 saturated carbocycles. The molecule has 1 fully saturated rings. The largest absolute Gasteiger partial charge is 0.397 e. The second-order valence-corrected chi connectivity index (χ2v) is 5.38. The Morgan fingerprint density at radius 2 is 1.87 bits per heavy atom. The van der Waals surface area contributed by atoms with Crippen LogP contribution in [-0.4, -0.2) is 57.2 Å². The minimum atomic E-state index is -4.16. The summed E-state index contributed by atoms with van der Waals surface area (Å²) in [5.74, 6) is -0.732. The number of halogens is 1. The van der Waals surface area contributed by atoms with Crippen LogP contribution in [0.5, 0.6) is 0 Å². The fourth-order valence-electron chi connectivity index (χ4n) is 1.31. The number of carbonyl (C=O) groups excluding carboxylic acids is 2. The molecule has 1 saturated heterocycles. The molecule has 0 spiro atoms. The lowest BCUT2D eigenvalue weighted by atomic mass is 10.2. The van der Waals surface area contributed by atoms with E-state index < -0.39 is 10.4 Å². The number of hydrogen-bond donors (Lipinski definition) is 3. The minimum Gasteiger partial charge on any atom is -0.359 e. The standard InChI is InChI=1S/C9H15ClN2O3.C2H6.CH4O4S/c10-5-7(13)11-6-8(14)12-9-3-1-2-4-15-9;1-2;1-5-6(2,3)4/h9H,1-6H2,(H,11,13)(H,12,14);1-2H3;1H3,(H,2,3,4)/t9-;;/m1../s1. The zero-order valence-electron chi connectivity index (χ0n) is 13.5. The van der Waals surface area contributed by atoms with Gasteiger partial charge in [-0.1, -0.05) is 13.8 Å². The van der Waals surface area contributed by atoms with Crippen LogP contribution < -0.4 is 10.6 Å². The van der Waals surface area contributed by atoms with Gasteiger partial charge in [0.2, 0.25) is 11.8 Å². The highest BCUT2D eigenvalue weighted by molar-refractivity contribution is 7.80. The molecule has 138 valence electrons. The predicted octanol–water partition coefficient (Wildman–Crippen LogP) is 0.446. The van der Waals surface area contributed by atoms with Gasteiger partial charge in [0.15, 0.2) is 0 Å². The van der Waals surface area contributed by atoms with Crippen LogP contribution in [0.15, 0.2) is 0 Å². The third-order valence-electron chi connectivity index (χ3n) is 2.28. The number of hydrogen-bond acceptors (Lipinski definition) is 6. The van der Waals surface area contributed by atoms with Crippen molar-refractivity contribution in [2.24, 2.45) is 0 Å². The monoisotopic (exact) mass is 376 g/mol. The Labute approximate surface area is 142 Å². The lowest BCUT2D eigenvalue weighted by Crippen LogP contribution is -2.44. The van der Waals surface area contributed by atoms with Crippen LogP contribution in [0, 0.1) is 0 Å². The molecule has 1 aliphatic heterocycles. The highest BCUT2D eigenvalue weighted by Gasteiger charge is 2.15. The number of amides is 2. The molecule has 1 heterocycles. The van der Waals surface area contributed by atoms with Gasteiger partial charge in [0.1, 0.15) is 12.1 Å². The molecule has 0 bridgehead atoms. The molecule has 3 N–H and O–H groups in total. The van der Waals surface area contributed by atoms with Crippen molar-refractivity contribution in [3.63, 3.8) is 0 Å². The summed E-state index contributed by atoms with van der Waals surface area (Å²) >= 11 is 5.26. The Morgan fingerprint density at radius 1 is 1.30 bits per heavy atom. The molecule has 0 aromatic heterocycles. The van der Waals surface area contributed by atoms with E-state index in [1.165, 1.54) is 0 Å². The van der Waals surface area contributed by atoms with Gasteiger partial charge in [0.25, 0.3) is 0 Å². The molecule has 1 atom stereocenters. The van der Waals surface area contributed by atoms with Crippen molar-refractivity contribution >= 4 is 33.8 Å². The number of nitrogens with one attached hydrogen (secondary N) is 2. The molecular formula is C12H25ClN2O7S. The van der Waals surface area contributed by atoms with Crippen molar-refractivity contribution in [3.8, 4) is 0 Å². The summed E-state index contributed by atoms with van der Waals surface area (Å²) in [5.41, 5.74) is 0. The number of alkyl halides is 1. The van der Waals surface area contributed by atoms with E-state index in [4.69, 9.17) is 20.9 Å². The normalized spacial score (nSPS) is 16.8. The van der Waals surface area contributed by atoms with E-state index in [2.05, 4.69) is 14.8 Å². The summed E-state index contributed by atoms with van der Waals surface area (Å²) in [6, 6.07) is 0. The van der Waals surface area contributed by atoms with Gasteiger partial charge in [-0.05, 0) is 19.3 Å². The van der Waals surface area contributed by atoms with Crippen LogP contribution in [0.1, 0.15) is 33.1 Å². The maximum atomic E-state index is 11.3. The molecular weight excluding hydrogens is 352 g/mol. The Hall–Kier alpha value is -0.940. The summed E-state index contributed by atoms with van der Waals surface area (Å²) in [7, 11) is -3.29. The lowest BCUT2D eigenvalue weighted by molar-refractivity contribution is -0.128. The average molecular weight is 377 g/mol. The third-order valence-corrected chi connectivity index (χ3v) is 2.94. The fraction of sp³-hybridized carbons (Fsp3) is 0.833. The zero-order valence-corrected chi connectivity index (χ0v) is 15.1. The van der Waals surface area contributed by atoms with Crippen LogP contribution >= 0.6 is 11.6 Å². The summed E-state index contributed by atoms with van der Waals surface area (Å²) in [6.45, 7) is 4.63. The van der Waals surface area contributed by atoms with Gasteiger partial charge in [-0.25, -0.2) is 0 Å². The molecule has 1 rings (SSSR count). The van der Waals surface area contributed by atoms with Crippen molar-refractivity contribution in [2.45, 2.75) is 39.3 Å². The van der Waals surface area contributed by atoms with Crippen molar-refractivity contribution in [1.82, 2.24) is 10.6 Å². The van der Waals surface area contributed by atoms with Crippen LogP contribution in [0.25, 0.3) is 0 Å². The SMILES string of the molecule is CC.COS(=O)(=O)O.O=C(CCl)NCC(=O)N[C@H]1CCCCO1. The molecule has 0 radical (unpaired) electrons. The number of carbonyl (C=O) groups is 2. The predicted molar refractivity (Wildman–Crippen MR) is 85.4 cm³/mol. The van der Waals surface area contributed by atoms with E-state index >= 15 is 0 Å². The van der Waals surface area contributed by atoms with Gasteiger partial charge in [0.05, 0.1) is 13.7 Å². The molecule has 9 nitrogen and oxygen atoms in total. The van der Waals surface area contributed by atoms with Crippen molar-refractivity contribution < 1.29 is 31.5 Å². The first-order valence-electron chi connectivity index (χ1n) is 7.05. The average Bonchev–Trinajstić information content (AvgIpc) is 2.55. The van der Waals surface area contributed by atoms with Gasteiger partial charge >= 0.3 is 10.4 Å². The Balaban J connectivity index is 0. The van der Waals surface area contributed by atoms with E-state index in [9.17, 15) is 18.0 Å². The minimum absolute atomic E-state index is 0.0502. The maximum Gasteiger partial charge on any atom is 0.397 e. The van der Waals surface area contributed by atoms with Crippen molar-refractivity contribution in [2.75, 3.05) is 26.1 Å². The Morgan fingerprint density at radius 3 is 2.26 bits per heavy atom. The molecule has 1 aliphatic rings. The topological polar surface area (TPSA) is 131 Å². The Bertz CT molecular complexity index is 425. The highest BCUT2D eigenvalue weighted by atomic mass is 35.5. The molecule has 23 heavy (non-hydrogen) atoms. The molecule has 11 heteroatoms.